The molecule has 4 amide bonds. The molecule has 3 aromatic heterocycles. The van der Waals surface area contributed by atoms with Crippen LogP contribution in [-0.2, 0) is 4.79 Å². The Bertz CT molecular complexity index is 1450. The third kappa shape index (κ3) is 6.18. The number of nitrogens with zero attached hydrogens (tertiary/aromatic N) is 1. The highest BCUT2D eigenvalue weighted by Crippen LogP contribution is 2.24. The molecule has 3 rings (SSSR count). The van der Waals surface area contributed by atoms with E-state index < -0.39 is 23.6 Å². The molecule has 0 aliphatic carbocycles. The number of amidine groups is 1. The third-order valence-electron chi connectivity index (χ3n) is 5.63. The molecule has 0 atom stereocenters. The van der Waals surface area contributed by atoms with Gasteiger partial charge in [0.15, 0.2) is 5.82 Å². The molecule has 0 aliphatic heterocycles. The molecule has 3 heterocycles. The van der Waals surface area contributed by atoms with Crippen molar-refractivity contribution >= 4 is 62.6 Å². The molecule has 0 aromatic carbocycles. The lowest BCUT2D eigenvalue weighted by atomic mass is 10.2. The summed E-state index contributed by atoms with van der Waals surface area (Å²) in [7, 11) is 0. The Balaban J connectivity index is 1.67. The second-order valence-electron chi connectivity index (χ2n) is 8.28. The maximum atomic E-state index is 12.9. The number of nitrogens with two attached hydrogens (primary N) is 1. The zero-order valence-electron chi connectivity index (χ0n) is 20.8. The summed E-state index contributed by atoms with van der Waals surface area (Å²) in [4.78, 5) is 55.6. The molecule has 0 spiro atoms. The van der Waals surface area contributed by atoms with E-state index in [2.05, 4.69) is 63.9 Å². The first-order valence-electron chi connectivity index (χ1n) is 11.2. The molecule has 0 aliphatic rings. The van der Waals surface area contributed by atoms with Crippen molar-refractivity contribution in [2.45, 2.75) is 27.2 Å². The van der Waals surface area contributed by atoms with Crippen LogP contribution in [0, 0.1) is 26.2 Å². The Morgan fingerprint density at radius 3 is 2.03 bits per heavy atom. The molecule has 14 nitrogen and oxygen atoms in total. The topological polar surface area (TPSA) is 227 Å². The van der Waals surface area contributed by atoms with Gasteiger partial charge in [-0.25, -0.2) is 0 Å². The summed E-state index contributed by atoms with van der Waals surface area (Å²) in [5.41, 5.74) is 8.07. The fraction of sp³-hybridized carbons (Fsp3) is 0.217. The van der Waals surface area contributed by atoms with Gasteiger partial charge in [0.1, 0.15) is 17.1 Å². The average Bonchev–Trinajstić information content (AvgIpc) is 3.51. The Labute approximate surface area is 225 Å². The van der Waals surface area contributed by atoms with Crippen molar-refractivity contribution in [3.05, 3.63) is 57.2 Å². The fourth-order valence-electron chi connectivity index (χ4n) is 3.41. The second-order valence-corrected chi connectivity index (χ2v) is 9.23. The maximum absolute atomic E-state index is 12.9. The van der Waals surface area contributed by atoms with Crippen molar-refractivity contribution in [2.24, 2.45) is 5.73 Å². The first kappa shape index (κ1) is 27.9. The van der Waals surface area contributed by atoms with E-state index in [1.165, 1.54) is 12.4 Å². The number of halogens is 1. The van der Waals surface area contributed by atoms with E-state index >= 15 is 0 Å². The zero-order chi connectivity index (χ0) is 28.1. The third-order valence-corrected chi connectivity index (χ3v) is 5.99. The largest absolute Gasteiger partial charge is 0.388 e. The summed E-state index contributed by atoms with van der Waals surface area (Å²) in [5.74, 6) is -1.78. The summed E-state index contributed by atoms with van der Waals surface area (Å²) in [6.07, 6.45) is 3.18. The molecule has 15 heteroatoms. The van der Waals surface area contributed by atoms with E-state index in [9.17, 15) is 19.2 Å². The number of aromatic amines is 3. The number of hydrogen-bond acceptors (Lipinski definition) is 6. The van der Waals surface area contributed by atoms with Crippen LogP contribution < -0.4 is 27.0 Å². The molecule has 10 N–H and O–H groups in total. The summed E-state index contributed by atoms with van der Waals surface area (Å²) in [6.45, 7) is 8.64. The number of nitrogens with one attached hydrogen (secondary N) is 8. The lowest BCUT2D eigenvalue weighted by molar-refractivity contribution is -0.112. The highest BCUT2D eigenvalue weighted by molar-refractivity contribution is 9.12. The molecular weight excluding hydrogens is 560 g/mol. The molecule has 0 unspecified atom stereocenters. The molecule has 0 bridgehead atoms. The van der Waals surface area contributed by atoms with Gasteiger partial charge in [0.25, 0.3) is 23.6 Å². The predicted octanol–water partition coefficient (Wildman–Crippen LogP) is 2.40. The maximum Gasteiger partial charge on any atom is 0.273 e. The van der Waals surface area contributed by atoms with Gasteiger partial charge in [-0.15, -0.1) is 0 Å². The Morgan fingerprint density at radius 2 is 1.47 bits per heavy atom. The molecule has 3 aromatic rings. The Kier molecular flexibility index (Phi) is 8.52. The summed E-state index contributed by atoms with van der Waals surface area (Å²) in [5, 5.41) is 24.4. The number of aromatic nitrogens is 4. The Hall–Kier alpha value is -4.66. The standard InChI is InChI=1S/C23H27BrN10O4/c1-9-13(30-20(35)12(4)24)7-28-16(9)22(37)31-14-8-29-17(10(14)2)23(38)32-19-11(3)18(33-34-19)21(36)27-6-5-15(25)26/h7-8,28-29H,4-6H2,1-3H3,(H3,25,26)(H,27,36)(H,30,35)(H,31,37)(H2,32,33,34,38). The van der Waals surface area contributed by atoms with Gasteiger partial charge in [0.2, 0.25) is 0 Å². The highest BCUT2D eigenvalue weighted by Gasteiger charge is 2.22. The van der Waals surface area contributed by atoms with Crippen LogP contribution in [0.2, 0.25) is 0 Å². The van der Waals surface area contributed by atoms with Gasteiger partial charge >= 0.3 is 0 Å². The van der Waals surface area contributed by atoms with E-state index in [1.807, 2.05) is 0 Å². The minimum Gasteiger partial charge on any atom is -0.388 e. The van der Waals surface area contributed by atoms with E-state index in [-0.39, 0.29) is 46.2 Å². The van der Waals surface area contributed by atoms with Crippen molar-refractivity contribution in [1.29, 1.82) is 5.41 Å². The lowest BCUT2D eigenvalue weighted by Crippen LogP contribution is -2.28. The van der Waals surface area contributed by atoms with Crippen molar-refractivity contribution in [2.75, 3.05) is 22.5 Å². The molecule has 0 saturated carbocycles. The summed E-state index contributed by atoms with van der Waals surface area (Å²) in [6, 6.07) is 0. The number of carbonyl (C=O) groups excluding carboxylic acids is 4. The average molecular weight is 587 g/mol. The van der Waals surface area contributed by atoms with Gasteiger partial charge in [0, 0.05) is 42.0 Å². The zero-order valence-corrected chi connectivity index (χ0v) is 22.4. The van der Waals surface area contributed by atoms with Gasteiger partial charge < -0.3 is 37.0 Å². The lowest BCUT2D eigenvalue weighted by Gasteiger charge is -2.07. The van der Waals surface area contributed by atoms with Gasteiger partial charge in [0.05, 0.1) is 21.7 Å². The van der Waals surface area contributed by atoms with Crippen LogP contribution in [-0.4, -0.2) is 56.2 Å². The second kappa shape index (κ2) is 11.6. The van der Waals surface area contributed by atoms with Gasteiger partial charge in [-0.1, -0.05) is 6.58 Å². The minimum absolute atomic E-state index is 0.0466. The highest BCUT2D eigenvalue weighted by atomic mass is 79.9. The summed E-state index contributed by atoms with van der Waals surface area (Å²) >= 11 is 3.00. The van der Waals surface area contributed by atoms with E-state index in [0.717, 1.165) is 0 Å². The summed E-state index contributed by atoms with van der Waals surface area (Å²) < 4.78 is 0.145. The SMILES string of the molecule is C=C(Br)C(=O)Nc1c[nH]c(C(=O)Nc2c[nH]c(C(=O)Nc3n[nH]c(C(=O)NCCC(=N)N)c3C)c2C)c1C. The van der Waals surface area contributed by atoms with Crippen LogP contribution >= 0.6 is 15.9 Å². The molecular formula is C23H27BrN10O4. The van der Waals surface area contributed by atoms with Crippen molar-refractivity contribution in [3.8, 4) is 0 Å². The van der Waals surface area contributed by atoms with Gasteiger partial charge in [-0.2, -0.15) is 5.10 Å². The number of hydrogen-bond donors (Lipinski definition) is 9. The van der Waals surface area contributed by atoms with Crippen LogP contribution in [0.15, 0.2) is 23.5 Å². The van der Waals surface area contributed by atoms with Crippen LogP contribution in [0.4, 0.5) is 17.2 Å². The normalized spacial score (nSPS) is 10.5. The van der Waals surface area contributed by atoms with Crippen molar-refractivity contribution in [1.82, 2.24) is 25.5 Å². The first-order chi connectivity index (χ1) is 17.9. The van der Waals surface area contributed by atoms with Crippen LogP contribution in [0.1, 0.15) is 54.6 Å². The fourth-order valence-corrected chi connectivity index (χ4v) is 3.51. The molecule has 200 valence electrons. The van der Waals surface area contributed by atoms with E-state index in [1.54, 1.807) is 20.8 Å². The molecule has 0 radical (unpaired) electrons. The number of rotatable bonds is 10. The molecule has 0 saturated heterocycles. The van der Waals surface area contributed by atoms with E-state index in [0.29, 0.717) is 28.1 Å². The van der Waals surface area contributed by atoms with Crippen LogP contribution in [0.25, 0.3) is 0 Å². The van der Waals surface area contributed by atoms with Crippen LogP contribution in [0.5, 0.6) is 0 Å². The number of anilines is 3. The molecule has 0 fully saturated rings. The number of H-pyrrole nitrogens is 3. The smallest absolute Gasteiger partial charge is 0.273 e. The minimum atomic E-state index is -0.530. The monoisotopic (exact) mass is 586 g/mol. The van der Waals surface area contributed by atoms with Gasteiger partial charge in [-0.05, 0) is 36.7 Å². The first-order valence-corrected chi connectivity index (χ1v) is 12.0. The number of amides is 4. The van der Waals surface area contributed by atoms with Gasteiger partial charge in [-0.3, -0.25) is 29.7 Å². The predicted molar refractivity (Wildman–Crippen MR) is 146 cm³/mol. The van der Waals surface area contributed by atoms with Crippen LogP contribution in [0.3, 0.4) is 0 Å². The van der Waals surface area contributed by atoms with E-state index in [4.69, 9.17) is 11.1 Å². The molecule has 38 heavy (non-hydrogen) atoms. The van der Waals surface area contributed by atoms with Crippen molar-refractivity contribution in [3.63, 3.8) is 0 Å². The van der Waals surface area contributed by atoms with Crippen molar-refractivity contribution < 1.29 is 19.2 Å². The Morgan fingerprint density at radius 1 is 0.921 bits per heavy atom. The quantitative estimate of drug-likeness (QED) is 0.0982. The number of carbonyl (C=O) groups is 4.